The quantitative estimate of drug-likeness (QED) is 0.886. The van der Waals surface area contributed by atoms with Gasteiger partial charge in [0, 0.05) is 5.38 Å². The highest BCUT2D eigenvalue weighted by molar-refractivity contribution is 7.89. The topological polar surface area (TPSA) is 68.3 Å². The van der Waals surface area contributed by atoms with Crippen molar-refractivity contribution in [2.45, 2.75) is 18.4 Å². The molecule has 1 heterocycles. The normalized spacial score (nSPS) is 11.4. The largest absolute Gasteiger partial charge is 0.494 e. The fraction of sp³-hybridized carbons (Fsp3) is 0.250. The summed E-state index contributed by atoms with van der Waals surface area (Å²) >= 11 is 1.43. The maximum absolute atomic E-state index is 12.0. The molecule has 0 saturated carbocycles. The Hall–Kier alpha value is -1.44. The van der Waals surface area contributed by atoms with Crippen molar-refractivity contribution >= 4 is 21.4 Å². The van der Waals surface area contributed by atoms with Gasteiger partial charge in [0.25, 0.3) is 0 Å². The lowest BCUT2D eigenvalue weighted by Gasteiger charge is -2.07. The van der Waals surface area contributed by atoms with Crippen LogP contribution in [0.2, 0.25) is 0 Å². The van der Waals surface area contributed by atoms with E-state index in [1.54, 1.807) is 23.0 Å². The number of hydrogen-bond donors (Lipinski definition) is 1. The van der Waals surface area contributed by atoms with Crippen molar-refractivity contribution < 1.29 is 13.2 Å². The first-order valence-electron chi connectivity index (χ1n) is 5.71. The van der Waals surface area contributed by atoms with Gasteiger partial charge in [-0.2, -0.15) is 0 Å². The lowest BCUT2D eigenvalue weighted by atomic mass is 10.3. The maximum atomic E-state index is 12.0. The van der Waals surface area contributed by atoms with Crippen LogP contribution in [-0.4, -0.2) is 20.0 Å². The molecular weight excluding hydrogens is 284 g/mol. The Morgan fingerprint density at radius 2 is 2.05 bits per heavy atom. The lowest BCUT2D eigenvalue weighted by molar-refractivity contribution is 0.340. The van der Waals surface area contributed by atoms with Crippen molar-refractivity contribution in [3.05, 3.63) is 40.8 Å². The standard InChI is InChI=1S/C12H14N2O3S2/c1-2-17-11-3-5-12(6-4-11)19(15,16)14-7-10-8-18-9-13-10/h3-6,8-9,14H,2,7H2,1H3. The summed E-state index contributed by atoms with van der Waals surface area (Å²) < 4.78 is 31.8. The monoisotopic (exact) mass is 298 g/mol. The molecule has 0 atom stereocenters. The van der Waals surface area contributed by atoms with Crippen molar-refractivity contribution in [2.75, 3.05) is 6.61 Å². The average Bonchev–Trinajstić information content (AvgIpc) is 2.91. The van der Waals surface area contributed by atoms with Crippen molar-refractivity contribution in [1.82, 2.24) is 9.71 Å². The molecule has 0 aliphatic carbocycles. The Morgan fingerprint density at radius 1 is 1.32 bits per heavy atom. The van der Waals surface area contributed by atoms with Crippen molar-refractivity contribution in [1.29, 1.82) is 0 Å². The average molecular weight is 298 g/mol. The summed E-state index contributed by atoms with van der Waals surface area (Å²) in [6.45, 7) is 2.62. The van der Waals surface area contributed by atoms with Gasteiger partial charge in [0.15, 0.2) is 0 Å². The number of nitrogens with zero attached hydrogens (tertiary/aromatic N) is 1. The number of aromatic nitrogens is 1. The molecule has 0 unspecified atom stereocenters. The zero-order valence-electron chi connectivity index (χ0n) is 10.4. The van der Waals surface area contributed by atoms with Crippen LogP contribution in [0.15, 0.2) is 40.1 Å². The fourth-order valence-electron chi connectivity index (χ4n) is 1.46. The van der Waals surface area contributed by atoms with Gasteiger partial charge in [0.05, 0.1) is 29.3 Å². The summed E-state index contributed by atoms with van der Waals surface area (Å²) in [5.74, 6) is 0.654. The molecule has 19 heavy (non-hydrogen) atoms. The van der Waals surface area contributed by atoms with Crippen molar-refractivity contribution in [2.24, 2.45) is 0 Å². The molecule has 2 aromatic rings. The van der Waals surface area contributed by atoms with E-state index in [1.807, 2.05) is 6.92 Å². The number of thiazole rings is 1. The van der Waals surface area contributed by atoms with Crippen LogP contribution in [0.3, 0.4) is 0 Å². The van der Waals surface area contributed by atoms with Gasteiger partial charge in [-0.05, 0) is 31.2 Å². The molecule has 5 nitrogen and oxygen atoms in total. The van der Waals surface area contributed by atoms with Crippen LogP contribution in [0.1, 0.15) is 12.6 Å². The van der Waals surface area contributed by atoms with Crippen LogP contribution in [0.25, 0.3) is 0 Å². The van der Waals surface area contributed by atoms with Gasteiger partial charge < -0.3 is 4.74 Å². The second-order valence-electron chi connectivity index (χ2n) is 3.71. The second kappa shape index (κ2) is 6.14. The molecule has 1 aromatic heterocycles. The van der Waals surface area contributed by atoms with E-state index in [9.17, 15) is 8.42 Å². The predicted octanol–water partition coefficient (Wildman–Crippen LogP) is 2.02. The third-order valence-corrected chi connectivity index (χ3v) is 4.42. The Bertz CT molecular complexity index is 607. The second-order valence-corrected chi connectivity index (χ2v) is 6.19. The van der Waals surface area contributed by atoms with E-state index < -0.39 is 10.0 Å². The highest BCUT2D eigenvalue weighted by atomic mass is 32.2. The number of rotatable bonds is 6. The lowest BCUT2D eigenvalue weighted by Crippen LogP contribution is -2.23. The first-order chi connectivity index (χ1) is 9.12. The minimum atomic E-state index is -3.51. The van der Waals surface area contributed by atoms with Crippen LogP contribution in [0.4, 0.5) is 0 Å². The summed E-state index contributed by atoms with van der Waals surface area (Å²) in [5.41, 5.74) is 2.38. The summed E-state index contributed by atoms with van der Waals surface area (Å²) in [7, 11) is -3.51. The molecule has 0 aliphatic heterocycles. The van der Waals surface area contributed by atoms with Crippen molar-refractivity contribution in [3.8, 4) is 5.75 Å². The smallest absolute Gasteiger partial charge is 0.240 e. The number of ether oxygens (including phenoxy) is 1. The van der Waals surface area contributed by atoms with E-state index in [2.05, 4.69) is 9.71 Å². The number of nitrogens with one attached hydrogen (secondary N) is 1. The van der Waals surface area contributed by atoms with Crippen LogP contribution < -0.4 is 9.46 Å². The molecule has 0 spiro atoms. The number of hydrogen-bond acceptors (Lipinski definition) is 5. The molecular formula is C12H14N2O3S2. The van der Waals surface area contributed by atoms with Crippen LogP contribution >= 0.6 is 11.3 Å². The zero-order chi connectivity index (χ0) is 13.7. The summed E-state index contributed by atoms with van der Waals surface area (Å²) in [5, 5.41) is 1.81. The molecule has 7 heteroatoms. The molecule has 2 rings (SSSR count). The fourth-order valence-corrected chi connectivity index (χ4v) is 3.02. The van der Waals surface area contributed by atoms with E-state index in [0.29, 0.717) is 18.1 Å². The minimum absolute atomic E-state index is 0.193. The number of benzene rings is 1. The molecule has 0 fully saturated rings. The molecule has 1 N–H and O–H groups in total. The Morgan fingerprint density at radius 3 is 2.63 bits per heavy atom. The molecule has 0 radical (unpaired) electrons. The van der Waals surface area contributed by atoms with Crippen molar-refractivity contribution in [3.63, 3.8) is 0 Å². The van der Waals surface area contributed by atoms with Crippen LogP contribution in [0.5, 0.6) is 5.75 Å². The van der Waals surface area contributed by atoms with E-state index in [4.69, 9.17) is 4.74 Å². The van der Waals surface area contributed by atoms with Gasteiger partial charge in [0.1, 0.15) is 5.75 Å². The Labute approximate surface area is 116 Å². The SMILES string of the molecule is CCOc1ccc(S(=O)(=O)NCc2cscn2)cc1. The first kappa shape index (κ1) is 14.0. The third-order valence-electron chi connectivity index (χ3n) is 2.37. The third kappa shape index (κ3) is 3.76. The van der Waals surface area contributed by atoms with E-state index in [1.165, 1.54) is 23.5 Å². The first-order valence-corrected chi connectivity index (χ1v) is 8.14. The summed E-state index contributed by atoms with van der Waals surface area (Å²) in [4.78, 5) is 4.24. The van der Waals surface area contributed by atoms with E-state index in [0.717, 1.165) is 0 Å². The van der Waals surface area contributed by atoms with Gasteiger partial charge in [-0.15, -0.1) is 11.3 Å². The van der Waals surface area contributed by atoms with Crippen LogP contribution in [-0.2, 0) is 16.6 Å². The number of sulfonamides is 1. The highest BCUT2D eigenvalue weighted by Gasteiger charge is 2.13. The molecule has 0 saturated heterocycles. The molecule has 0 aliphatic rings. The maximum Gasteiger partial charge on any atom is 0.240 e. The predicted molar refractivity (Wildman–Crippen MR) is 73.8 cm³/mol. The Balaban J connectivity index is 2.06. The summed E-state index contributed by atoms with van der Waals surface area (Å²) in [6.07, 6.45) is 0. The molecule has 1 aromatic carbocycles. The van der Waals surface area contributed by atoms with Gasteiger partial charge in [-0.25, -0.2) is 18.1 Å². The van der Waals surface area contributed by atoms with Gasteiger partial charge in [-0.1, -0.05) is 0 Å². The van der Waals surface area contributed by atoms with Gasteiger partial charge in [-0.3, -0.25) is 0 Å². The van der Waals surface area contributed by atoms with Gasteiger partial charge >= 0.3 is 0 Å². The Kier molecular flexibility index (Phi) is 4.52. The van der Waals surface area contributed by atoms with E-state index >= 15 is 0 Å². The molecule has 0 amide bonds. The van der Waals surface area contributed by atoms with E-state index in [-0.39, 0.29) is 11.4 Å². The molecule has 0 bridgehead atoms. The van der Waals surface area contributed by atoms with Crippen LogP contribution in [0, 0.1) is 0 Å². The summed E-state index contributed by atoms with van der Waals surface area (Å²) in [6, 6.07) is 6.32. The highest BCUT2D eigenvalue weighted by Crippen LogP contribution is 2.16. The van der Waals surface area contributed by atoms with Gasteiger partial charge in [0.2, 0.25) is 10.0 Å². The minimum Gasteiger partial charge on any atom is -0.494 e. The molecule has 102 valence electrons. The zero-order valence-corrected chi connectivity index (χ0v) is 12.0.